The monoisotopic (exact) mass is 351 g/mol. The molecule has 0 aliphatic rings. The lowest BCUT2D eigenvalue weighted by Crippen LogP contribution is -2.14. The standard InChI is InChI=1S/C20H21N3O3/c1-13-6-4-7-14(2)19(13)21-17(24)10-11-18-22-20(23-26-18)15-8-5-9-16(12-15)25-3/h4-9,12H,10-11H2,1-3H3,(H,21,24). The predicted octanol–water partition coefficient (Wildman–Crippen LogP) is 3.93. The summed E-state index contributed by atoms with van der Waals surface area (Å²) in [6, 6.07) is 13.3. The number of nitrogens with one attached hydrogen (secondary N) is 1. The molecule has 3 aromatic rings. The summed E-state index contributed by atoms with van der Waals surface area (Å²) in [4.78, 5) is 16.6. The molecule has 26 heavy (non-hydrogen) atoms. The molecule has 0 saturated heterocycles. The van der Waals surface area contributed by atoms with E-state index in [-0.39, 0.29) is 12.3 Å². The lowest BCUT2D eigenvalue weighted by atomic mass is 10.1. The van der Waals surface area contributed by atoms with E-state index in [1.54, 1.807) is 7.11 Å². The number of carbonyl (C=O) groups excluding carboxylic acids is 1. The molecule has 1 amide bonds. The van der Waals surface area contributed by atoms with Gasteiger partial charge in [-0.1, -0.05) is 35.5 Å². The summed E-state index contributed by atoms with van der Waals surface area (Å²) in [5, 5.41) is 6.94. The van der Waals surface area contributed by atoms with Crippen molar-refractivity contribution in [1.82, 2.24) is 10.1 Å². The molecule has 1 heterocycles. The summed E-state index contributed by atoms with van der Waals surface area (Å²) in [6.07, 6.45) is 0.654. The Morgan fingerprint density at radius 1 is 1.15 bits per heavy atom. The maximum absolute atomic E-state index is 12.2. The fraction of sp³-hybridized carbons (Fsp3) is 0.250. The van der Waals surface area contributed by atoms with E-state index in [1.807, 2.05) is 56.3 Å². The van der Waals surface area contributed by atoms with Crippen LogP contribution in [0.1, 0.15) is 23.4 Å². The summed E-state index contributed by atoms with van der Waals surface area (Å²) < 4.78 is 10.5. The van der Waals surface area contributed by atoms with Gasteiger partial charge in [-0.3, -0.25) is 4.79 Å². The largest absolute Gasteiger partial charge is 0.497 e. The molecule has 3 rings (SSSR count). The van der Waals surface area contributed by atoms with Crippen LogP contribution in [0.2, 0.25) is 0 Å². The van der Waals surface area contributed by atoms with E-state index in [1.165, 1.54) is 0 Å². The molecule has 134 valence electrons. The Morgan fingerprint density at radius 3 is 2.62 bits per heavy atom. The second kappa shape index (κ2) is 7.82. The average Bonchev–Trinajstić information content (AvgIpc) is 3.12. The molecule has 6 heteroatoms. The molecule has 6 nitrogen and oxygen atoms in total. The summed E-state index contributed by atoms with van der Waals surface area (Å²) >= 11 is 0. The SMILES string of the molecule is COc1cccc(-c2noc(CCC(=O)Nc3c(C)cccc3C)n2)c1. The van der Waals surface area contributed by atoms with Gasteiger partial charge in [-0.25, -0.2) is 0 Å². The molecule has 0 atom stereocenters. The molecule has 0 fully saturated rings. The van der Waals surface area contributed by atoms with E-state index in [0.29, 0.717) is 18.1 Å². The van der Waals surface area contributed by atoms with E-state index < -0.39 is 0 Å². The number of hydrogen-bond donors (Lipinski definition) is 1. The van der Waals surface area contributed by atoms with Crippen molar-refractivity contribution in [3.05, 3.63) is 59.5 Å². The van der Waals surface area contributed by atoms with Crippen LogP contribution in [0.3, 0.4) is 0 Å². The maximum Gasteiger partial charge on any atom is 0.227 e. The summed E-state index contributed by atoms with van der Waals surface area (Å²) in [5.74, 6) is 1.55. The number of para-hydroxylation sites is 1. The summed E-state index contributed by atoms with van der Waals surface area (Å²) in [7, 11) is 1.61. The second-order valence-electron chi connectivity index (χ2n) is 6.06. The first-order valence-electron chi connectivity index (χ1n) is 8.40. The third-order valence-electron chi connectivity index (χ3n) is 4.11. The van der Waals surface area contributed by atoms with Crippen molar-refractivity contribution in [2.24, 2.45) is 0 Å². The molecule has 0 aliphatic carbocycles. The average molecular weight is 351 g/mol. The van der Waals surface area contributed by atoms with Gasteiger partial charge in [-0.15, -0.1) is 0 Å². The molecular formula is C20H21N3O3. The molecule has 0 bridgehead atoms. The number of benzene rings is 2. The van der Waals surface area contributed by atoms with Gasteiger partial charge in [-0.05, 0) is 37.1 Å². The highest BCUT2D eigenvalue weighted by molar-refractivity contribution is 5.92. The lowest BCUT2D eigenvalue weighted by Gasteiger charge is -2.10. The zero-order valence-electron chi connectivity index (χ0n) is 15.1. The van der Waals surface area contributed by atoms with Crippen molar-refractivity contribution in [3.8, 4) is 17.1 Å². The van der Waals surface area contributed by atoms with Crippen LogP contribution in [0.4, 0.5) is 5.69 Å². The van der Waals surface area contributed by atoms with E-state index in [0.717, 1.165) is 28.1 Å². The van der Waals surface area contributed by atoms with Gasteiger partial charge < -0.3 is 14.6 Å². The van der Waals surface area contributed by atoms with Gasteiger partial charge in [0.15, 0.2) is 0 Å². The van der Waals surface area contributed by atoms with E-state index in [4.69, 9.17) is 9.26 Å². The molecule has 0 saturated carbocycles. The molecule has 0 aliphatic heterocycles. The van der Waals surface area contributed by atoms with Crippen LogP contribution in [-0.2, 0) is 11.2 Å². The smallest absolute Gasteiger partial charge is 0.227 e. The normalized spacial score (nSPS) is 10.6. The third kappa shape index (κ3) is 4.08. The number of hydrogen-bond acceptors (Lipinski definition) is 5. The van der Waals surface area contributed by atoms with Gasteiger partial charge in [0.2, 0.25) is 17.6 Å². The van der Waals surface area contributed by atoms with Crippen molar-refractivity contribution in [3.63, 3.8) is 0 Å². The summed E-state index contributed by atoms with van der Waals surface area (Å²) in [5.41, 5.74) is 3.74. The second-order valence-corrected chi connectivity index (χ2v) is 6.06. The maximum atomic E-state index is 12.2. The predicted molar refractivity (Wildman–Crippen MR) is 99.2 cm³/mol. The number of nitrogens with zero attached hydrogens (tertiary/aromatic N) is 2. The first kappa shape index (κ1) is 17.7. The minimum absolute atomic E-state index is 0.0801. The number of amides is 1. The van der Waals surface area contributed by atoms with Gasteiger partial charge in [0.25, 0.3) is 0 Å². The zero-order chi connectivity index (χ0) is 18.5. The Hall–Kier alpha value is -3.15. The zero-order valence-corrected chi connectivity index (χ0v) is 15.1. The van der Waals surface area contributed by atoms with Crippen LogP contribution < -0.4 is 10.1 Å². The fourth-order valence-corrected chi connectivity index (χ4v) is 2.67. The van der Waals surface area contributed by atoms with Crippen LogP contribution >= 0.6 is 0 Å². The van der Waals surface area contributed by atoms with E-state index in [9.17, 15) is 4.79 Å². The Balaban J connectivity index is 1.62. The molecule has 1 aromatic heterocycles. The topological polar surface area (TPSA) is 77.2 Å². The Bertz CT molecular complexity index is 898. The number of carbonyl (C=O) groups is 1. The highest BCUT2D eigenvalue weighted by atomic mass is 16.5. The quantitative estimate of drug-likeness (QED) is 0.728. The van der Waals surface area contributed by atoms with Crippen LogP contribution in [0.5, 0.6) is 5.75 Å². The van der Waals surface area contributed by atoms with Gasteiger partial charge >= 0.3 is 0 Å². The Labute approximate surface area is 152 Å². The number of aryl methyl sites for hydroxylation is 3. The van der Waals surface area contributed by atoms with Crippen molar-refractivity contribution in [2.45, 2.75) is 26.7 Å². The van der Waals surface area contributed by atoms with Gasteiger partial charge in [0.1, 0.15) is 5.75 Å². The van der Waals surface area contributed by atoms with Gasteiger partial charge in [0, 0.05) is 24.1 Å². The number of methoxy groups -OCH3 is 1. The van der Waals surface area contributed by atoms with E-state index >= 15 is 0 Å². The van der Waals surface area contributed by atoms with E-state index in [2.05, 4.69) is 15.5 Å². The number of ether oxygens (including phenoxy) is 1. The number of aromatic nitrogens is 2. The van der Waals surface area contributed by atoms with Crippen molar-refractivity contribution in [2.75, 3.05) is 12.4 Å². The summed E-state index contributed by atoms with van der Waals surface area (Å²) in [6.45, 7) is 3.95. The molecule has 1 N–H and O–H groups in total. The Morgan fingerprint density at radius 2 is 1.88 bits per heavy atom. The Kier molecular flexibility index (Phi) is 5.31. The lowest BCUT2D eigenvalue weighted by molar-refractivity contribution is -0.116. The van der Waals surface area contributed by atoms with Crippen molar-refractivity contribution >= 4 is 11.6 Å². The highest BCUT2D eigenvalue weighted by Gasteiger charge is 2.12. The number of rotatable bonds is 6. The van der Waals surface area contributed by atoms with Gasteiger partial charge in [0.05, 0.1) is 7.11 Å². The van der Waals surface area contributed by atoms with Crippen LogP contribution in [0.25, 0.3) is 11.4 Å². The first-order chi connectivity index (χ1) is 12.6. The van der Waals surface area contributed by atoms with Crippen LogP contribution in [-0.4, -0.2) is 23.2 Å². The number of anilines is 1. The van der Waals surface area contributed by atoms with Crippen molar-refractivity contribution in [1.29, 1.82) is 0 Å². The molecule has 0 radical (unpaired) electrons. The highest BCUT2D eigenvalue weighted by Crippen LogP contribution is 2.22. The van der Waals surface area contributed by atoms with Crippen molar-refractivity contribution < 1.29 is 14.1 Å². The minimum Gasteiger partial charge on any atom is -0.497 e. The molecular weight excluding hydrogens is 330 g/mol. The molecule has 0 unspecified atom stereocenters. The fourth-order valence-electron chi connectivity index (χ4n) is 2.67. The van der Waals surface area contributed by atoms with Crippen LogP contribution in [0.15, 0.2) is 47.0 Å². The van der Waals surface area contributed by atoms with Crippen LogP contribution in [0, 0.1) is 13.8 Å². The van der Waals surface area contributed by atoms with Gasteiger partial charge in [-0.2, -0.15) is 4.98 Å². The molecule has 2 aromatic carbocycles. The molecule has 0 spiro atoms. The first-order valence-corrected chi connectivity index (χ1v) is 8.40. The third-order valence-corrected chi connectivity index (χ3v) is 4.11. The minimum atomic E-state index is -0.0801.